The second-order valence-corrected chi connectivity index (χ2v) is 6.29. The third-order valence-electron chi connectivity index (χ3n) is 3.92. The van der Waals surface area contributed by atoms with Crippen molar-refractivity contribution in [3.8, 4) is 0 Å². The highest BCUT2D eigenvalue weighted by atomic mass is 32.2. The number of nitrogens with one attached hydrogen (secondary N) is 1. The van der Waals surface area contributed by atoms with Crippen LogP contribution >= 0.6 is 11.8 Å². The maximum Gasteiger partial charge on any atom is 0.225 e. The summed E-state index contributed by atoms with van der Waals surface area (Å²) in [6.45, 7) is 4.77. The van der Waals surface area contributed by atoms with E-state index in [0.717, 1.165) is 18.1 Å². The quantitative estimate of drug-likeness (QED) is 0.839. The molecule has 0 saturated carbocycles. The number of amides is 1. The van der Waals surface area contributed by atoms with E-state index in [0.29, 0.717) is 6.42 Å². The second-order valence-electron chi connectivity index (χ2n) is 5.21. The number of carbonyl (C=O) groups is 1. The molecule has 6 heteroatoms. The molecule has 1 aromatic carbocycles. The molecular formula is C15H20N4OS. The third-order valence-corrected chi connectivity index (χ3v) is 5.13. The lowest BCUT2D eigenvalue weighted by Gasteiger charge is -2.31. The summed E-state index contributed by atoms with van der Waals surface area (Å²) >= 11 is 1.71. The molecular weight excluding hydrogens is 284 g/mol. The fourth-order valence-electron chi connectivity index (χ4n) is 2.88. The van der Waals surface area contributed by atoms with E-state index >= 15 is 0 Å². The van der Waals surface area contributed by atoms with Crippen molar-refractivity contribution in [2.45, 2.75) is 31.2 Å². The van der Waals surface area contributed by atoms with Crippen molar-refractivity contribution in [2.24, 2.45) is 0 Å². The Morgan fingerprint density at radius 2 is 2.19 bits per heavy atom. The standard InChI is InChI=1S/C15H20N4OS/c1-4-12(20)17-15-14-13(18(3)19(15)5-2)10-7-6-9(16)8-11(10)21-14/h6-8,13H,4-5,16H2,1-3H3,(H,17,20). The first-order valence-electron chi connectivity index (χ1n) is 7.18. The van der Waals surface area contributed by atoms with E-state index in [1.807, 2.05) is 19.1 Å². The van der Waals surface area contributed by atoms with Crippen LogP contribution in [0.4, 0.5) is 5.69 Å². The maximum absolute atomic E-state index is 11.8. The molecule has 0 radical (unpaired) electrons. The van der Waals surface area contributed by atoms with Gasteiger partial charge in [0.15, 0.2) is 0 Å². The molecule has 1 amide bonds. The van der Waals surface area contributed by atoms with Gasteiger partial charge in [0.2, 0.25) is 5.91 Å². The molecule has 1 unspecified atom stereocenters. The summed E-state index contributed by atoms with van der Waals surface area (Å²) in [6, 6.07) is 6.21. The molecule has 0 spiro atoms. The minimum absolute atomic E-state index is 0.0427. The number of nitrogen functional groups attached to an aromatic ring is 1. The minimum atomic E-state index is 0.0427. The summed E-state index contributed by atoms with van der Waals surface area (Å²) in [6.07, 6.45) is 0.479. The Morgan fingerprint density at radius 1 is 1.43 bits per heavy atom. The van der Waals surface area contributed by atoms with Crippen LogP contribution < -0.4 is 11.1 Å². The summed E-state index contributed by atoms with van der Waals surface area (Å²) in [5.41, 5.74) is 7.91. The molecule has 2 aliphatic heterocycles. The summed E-state index contributed by atoms with van der Waals surface area (Å²) < 4.78 is 0. The number of thioether (sulfide) groups is 1. The summed E-state index contributed by atoms with van der Waals surface area (Å²) in [5, 5.41) is 7.37. The third kappa shape index (κ3) is 2.18. The Balaban J connectivity index is 2.04. The number of likely N-dealkylation sites (N-methyl/N-ethyl adjacent to an activating group) is 1. The number of hydrazine groups is 1. The lowest BCUT2D eigenvalue weighted by atomic mass is 10.1. The van der Waals surface area contributed by atoms with Crippen molar-refractivity contribution in [1.82, 2.24) is 15.3 Å². The van der Waals surface area contributed by atoms with Crippen molar-refractivity contribution in [3.63, 3.8) is 0 Å². The number of anilines is 1. The monoisotopic (exact) mass is 304 g/mol. The molecule has 0 saturated heterocycles. The Hall–Kier alpha value is -1.66. The second kappa shape index (κ2) is 5.27. The van der Waals surface area contributed by atoms with E-state index in [1.165, 1.54) is 15.4 Å². The van der Waals surface area contributed by atoms with Gasteiger partial charge < -0.3 is 11.1 Å². The first kappa shape index (κ1) is 14.3. The highest BCUT2D eigenvalue weighted by Gasteiger charge is 2.43. The molecule has 3 N–H and O–H groups in total. The number of fused-ring (bicyclic) bond motifs is 3. The van der Waals surface area contributed by atoms with E-state index in [9.17, 15) is 4.79 Å². The zero-order valence-corrected chi connectivity index (χ0v) is 13.3. The lowest BCUT2D eigenvalue weighted by molar-refractivity contribution is -0.121. The lowest BCUT2D eigenvalue weighted by Crippen LogP contribution is -2.40. The van der Waals surface area contributed by atoms with E-state index < -0.39 is 0 Å². The number of carbonyl (C=O) groups excluding carboxylic acids is 1. The fraction of sp³-hybridized carbons (Fsp3) is 0.400. The predicted molar refractivity (Wildman–Crippen MR) is 85.1 cm³/mol. The first-order chi connectivity index (χ1) is 10.1. The van der Waals surface area contributed by atoms with Gasteiger partial charge in [-0.3, -0.25) is 9.80 Å². The van der Waals surface area contributed by atoms with Gasteiger partial charge in [-0.1, -0.05) is 24.8 Å². The van der Waals surface area contributed by atoms with Gasteiger partial charge in [0.05, 0.1) is 10.9 Å². The predicted octanol–water partition coefficient (Wildman–Crippen LogP) is 2.29. The van der Waals surface area contributed by atoms with Gasteiger partial charge in [-0.2, -0.15) is 0 Å². The molecule has 5 nitrogen and oxygen atoms in total. The van der Waals surface area contributed by atoms with Gasteiger partial charge in [0.25, 0.3) is 0 Å². The molecule has 3 rings (SSSR count). The first-order valence-corrected chi connectivity index (χ1v) is 8.00. The maximum atomic E-state index is 11.8. The molecule has 112 valence electrons. The number of hydrogen-bond donors (Lipinski definition) is 2. The van der Waals surface area contributed by atoms with Gasteiger partial charge in [0, 0.05) is 30.6 Å². The normalized spacial score (nSPS) is 20.7. The molecule has 0 bridgehead atoms. The number of nitrogens with zero attached hydrogens (tertiary/aromatic N) is 2. The van der Waals surface area contributed by atoms with Crippen LogP contribution in [0.15, 0.2) is 33.8 Å². The van der Waals surface area contributed by atoms with Crippen molar-refractivity contribution < 1.29 is 4.79 Å². The zero-order chi connectivity index (χ0) is 15.1. The largest absolute Gasteiger partial charge is 0.399 e. The SMILES string of the molecule is CCC(=O)NC1=C2Sc3cc(N)ccc3C2N(C)N1CC. The summed E-state index contributed by atoms with van der Waals surface area (Å²) in [5.74, 6) is 0.956. The minimum Gasteiger partial charge on any atom is -0.399 e. The molecule has 0 fully saturated rings. The van der Waals surface area contributed by atoms with Crippen LogP contribution in [0, 0.1) is 0 Å². The smallest absolute Gasteiger partial charge is 0.225 e. The van der Waals surface area contributed by atoms with Crippen molar-refractivity contribution >= 4 is 23.4 Å². The topological polar surface area (TPSA) is 61.6 Å². The average Bonchev–Trinajstić information content (AvgIpc) is 2.94. The Kier molecular flexibility index (Phi) is 3.59. The molecule has 0 aromatic heterocycles. The molecule has 21 heavy (non-hydrogen) atoms. The van der Waals surface area contributed by atoms with E-state index in [4.69, 9.17) is 5.73 Å². The zero-order valence-electron chi connectivity index (χ0n) is 12.5. The number of nitrogens with two attached hydrogens (primary N) is 1. The van der Waals surface area contributed by atoms with Gasteiger partial charge in [-0.15, -0.1) is 0 Å². The van der Waals surface area contributed by atoms with Crippen LogP contribution in [-0.2, 0) is 4.79 Å². The van der Waals surface area contributed by atoms with E-state index in [2.05, 4.69) is 35.4 Å². The number of hydrogen-bond acceptors (Lipinski definition) is 5. The molecule has 1 aromatic rings. The van der Waals surface area contributed by atoms with Crippen LogP contribution in [-0.4, -0.2) is 29.5 Å². The van der Waals surface area contributed by atoms with Crippen LogP contribution in [0.25, 0.3) is 0 Å². The van der Waals surface area contributed by atoms with Gasteiger partial charge in [-0.25, -0.2) is 5.01 Å². The Labute approximate surface area is 129 Å². The van der Waals surface area contributed by atoms with E-state index in [1.54, 1.807) is 11.8 Å². The molecule has 1 atom stereocenters. The Bertz CT molecular complexity index is 628. The van der Waals surface area contributed by atoms with E-state index in [-0.39, 0.29) is 11.9 Å². The number of benzene rings is 1. The van der Waals surface area contributed by atoms with Crippen molar-refractivity contribution in [3.05, 3.63) is 34.5 Å². The van der Waals surface area contributed by atoms with Gasteiger partial charge in [0.1, 0.15) is 5.82 Å². The average molecular weight is 304 g/mol. The molecule has 0 aliphatic carbocycles. The number of rotatable bonds is 3. The van der Waals surface area contributed by atoms with Crippen LogP contribution in [0.2, 0.25) is 0 Å². The van der Waals surface area contributed by atoms with Gasteiger partial charge >= 0.3 is 0 Å². The van der Waals surface area contributed by atoms with Gasteiger partial charge in [-0.05, 0) is 24.6 Å². The summed E-state index contributed by atoms with van der Waals surface area (Å²) in [4.78, 5) is 14.2. The highest BCUT2D eigenvalue weighted by Crippen LogP contribution is 2.55. The molecule has 2 aliphatic rings. The van der Waals surface area contributed by atoms with Crippen LogP contribution in [0.1, 0.15) is 31.9 Å². The fourth-order valence-corrected chi connectivity index (χ4v) is 4.26. The Morgan fingerprint density at radius 3 is 2.86 bits per heavy atom. The summed E-state index contributed by atoms with van der Waals surface area (Å²) in [7, 11) is 2.06. The van der Waals surface area contributed by atoms with Crippen LogP contribution in [0.5, 0.6) is 0 Å². The highest BCUT2D eigenvalue weighted by molar-refractivity contribution is 8.03. The van der Waals surface area contributed by atoms with Crippen LogP contribution in [0.3, 0.4) is 0 Å². The van der Waals surface area contributed by atoms with Crippen molar-refractivity contribution in [1.29, 1.82) is 0 Å². The van der Waals surface area contributed by atoms with Crippen molar-refractivity contribution in [2.75, 3.05) is 19.3 Å². The molecule has 2 heterocycles.